The average Bonchev–Trinajstić information content (AvgIpc) is 2.45. The number of unbranched alkanes of at least 4 members (excludes halogenated alkanes) is 5. The van der Waals surface area contributed by atoms with E-state index in [1.54, 1.807) is 18.3 Å². The Kier molecular flexibility index (Phi) is 8.61. The number of nitrogens with one attached hydrogen (secondary N) is 1. The third-order valence-electron chi connectivity index (χ3n) is 2.97. The fraction of sp³-hybridized carbons (Fsp3) is 0.467. The van der Waals surface area contributed by atoms with Gasteiger partial charge in [-0.15, -0.1) is 0 Å². The number of carbonyl (C=O) groups is 1. The maximum absolute atomic E-state index is 11.9. The lowest BCUT2D eigenvalue weighted by atomic mass is 10.1. The number of aromatic hydroxyl groups is 1. The molecule has 21 heavy (non-hydrogen) atoms. The van der Waals surface area contributed by atoms with Crippen LogP contribution in [0, 0.1) is 0 Å². The largest absolute Gasteiger partial charge is 0.506 e. The Morgan fingerprint density at radius 1 is 1.29 bits per heavy atom. The summed E-state index contributed by atoms with van der Waals surface area (Å²) >= 11 is 6.47. The Balaban J connectivity index is 2.40. The predicted molar refractivity (Wildman–Crippen MR) is 92.8 cm³/mol. The quantitative estimate of drug-likeness (QED) is 0.354. The Labute approximate surface area is 142 Å². The van der Waals surface area contributed by atoms with Crippen molar-refractivity contribution in [2.24, 2.45) is 5.10 Å². The summed E-state index contributed by atoms with van der Waals surface area (Å²) in [5.41, 5.74) is 2.60. The van der Waals surface area contributed by atoms with Crippen molar-refractivity contribution in [3.63, 3.8) is 0 Å². The summed E-state index contributed by atoms with van der Waals surface area (Å²) in [7, 11) is 0. The molecular weight excluding hydrogens is 400 g/mol. The molecule has 1 aromatic carbocycles. The first-order valence-electron chi connectivity index (χ1n) is 7.06. The van der Waals surface area contributed by atoms with E-state index in [2.05, 4.69) is 49.3 Å². The van der Waals surface area contributed by atoms with Crippen LogP contribution in [-0.2, 0) is 0 Å². The maximum Gasteiger partial charge on any atom is 0.275 e. The van der Waals surface area contributed by atoms with Crippen molar-refractivity contribution in [3.05, 3.63) is 26.6 Å². The zero-order chi connectivity index (χ0) is 15.7. The molecule has 4 nitrogen and oxygen atoms in total. The summed E-state index contributed by atoms with van der Waals surface area (Å²) in [6.07, 6.45) is 8.56. The maximum atomic E-state index is 11.9. The van der Waals surface area contributed by atoms with E-state index >= 15 is 0 Å². The minimum absolute atomic E-state index is 0.0922. The van der Waals surface area contributed by atoms with Crippen LogP contribution in [0.15, 0.2) is 26.2 Å². The van der Waals surface area contributed by atoms with Crippen molar-refractivity contribution < 1.29 is 9.90 Å². The van der Waals surface area contributed by atoms with Crippen LogP contribution < -0.4 is 5.43 Å². The van der Waals surface area contributed by atoms with Crippen LogP contribution in [0.25, 0.3) is 0 Å². The van der Waals surface area contributed by atoms with Crippen molar-refractivity contribution in [1.82, 2.24) is 5.43 Å². The summed E-state index contributed by atoms with van der Waals surface area (Å²) in [5, 5.41) is 13.7. The van der Waals surface area contributed by atoms with Crippen LogP contribution in [-0.4, -0.2) is 17.2 Å². The first-order chi connectivity index (χ1) is 10.1. The Morgan fingerprint density at radius 3 is 2.71 bits per heavy atom. The molecule has 0 aromatic heterocycles. The van der Waals surface area contributed by atoms with Gasteiger partial charge in [-0.05, 0) is 40.9 Å². The number of amides is 1. The van der Waals surface area contributed by atoms with Gasteiger partial charge in [0, 0.05) is 10.7 Å². The fourth-order valence-electron chi connectivity index (χ4n) is 1.81. The molecule has 0 heterocycles. The lowest BCUT2D eigenvalue weighted by Gasteiger charge is -2.05. The SMILES string of the molecule is CCCCCCCC=NNC(=O)c1cc(Br)cc(Br)c1O. The molecule has 116 valence electrons. The van der Waals surface area contributed by atoms with E-state index in [1.807, 2.05) is 0 Å². The van der Waals surface area contributed by atoms with Gasteiger partial charge in [-0.2, -0.15) is 5.10 Å². The summed E-state index contributed by atoms with van der Waals surface area (Å²) in [5.74, 6) is -0.526. The van der Waals surface area contributed by atoms with Crippen LogP contribution in [0.2, 0.25) is 0 Å². The van der Waals surface area contributed by atoms with Gasteiger partial charge < -0.3 is 5.11 Å². The van der Waals surface area contributed by atoms with Crippen LogP contribution in [0.1, 0.15) is 55.8 Å². The average molecular weight is 420 g/mol. The summed E-state index contributed by atoms with van der Waals surface area (Å²) < 4.78 is 1.17. The minimum atomic E-state index is -0.434. The summed E-state index contributed by atoms with van der Waals surface area (Å²) in [6, 6.07) is 3.22. The minimum Gasteiger partial charge on any atom is -0.506 e. The zero-order valence-corrected chi connectivity index (χ0v) is 15.2. The number of nitrogens with zero attached hydrogens (tertiary/aromatic N) is 1. The van der Waals surface area contributed by atoms with E-state index in [1.165, 1.54) is 25.7 Å². The first kappa shape index (κ1) is 18.2. The number of phenolic OH excluding ortho intramolecular Hbond substituents is 1. The molecule has 1 rings (SSSR count). The van der Waals surface area contributed by atoms with E-state index in [4.69, 9.17) is 0 Å². The molecule has 1 amide bonds. The molecule has 0 unspecified atom stereocenters. The van der Waals surface area contributed by atoms with E-state index in [9.17, 15) is 9.90 Å². The van der Waals surface area contributed by atoms with E-state index < -0.39 is 5.91 Å². The Morgan fingerprint density at radius 2 is 2.00 bits per heavy atom. The van der Waals surface area contributed by atoms with Crippen molar-refractivity contribution in [2.75, 3.05) is 0 Å². The van der Waals surface area contributed by atoms with Gasteiger partial charge in [0.15, 0.2) is 0 Å². The summed E-state index contributed by atoms with van der Waals surface area (Å²) in [6.45, 7) is 2.19. The third kappa shape index (κ3) is 6.61. The highest BCUT2D eigenvalue weighted by atomic mass is 79.9. The summed E-state index contributed by atoms with van der Waals surface area (Å²) in [4.78, 5) is 11.9. The van der Waals surface area contributed by atoms with E-state index in [0.29, 0.717) is 8.95 Å². The predicted octanol–water partition coefficient (Wildman–Crippen LogP) is 4.99. The van der Waals surface area contributed by atoms with Crippen LogP contribution in [0.5, 0.6) is 5.75 Å². The second-order valence-corrected chi connectivity index (χ2v) is 6.51. The number of phenols is 1. The number of rotatable bonds is 8. The second kappa shape index (κ2) is 9.95. The molecule has 0 aliphatic rings. The molecule has 0 aliphatic heterocycles. The van der Waals surface area contributed by atoms with Crippen molar-refractivity contribution in [3.8, 4) is 5.75 Å². The Hall–Kier alpha value is -0.880. The molecule has 0 atom stereocenters. The third-order valence-corrected chi connectivity index (χ3v) is 4.03. The highest BCUT2D eigenvalue weighted by Gasteiger charge is 2.14. The first-order valence-corrected chi connectivity index (χ1v) is 8.64. The smallest absolute Gasteiger partial charge is 0.275 e. The van der Waals surface area contributed by atoms with E-state index in [0.717, 1.165) is 12.8 Å². The Bertz CT molecular complexity index is 505. The molecular formula is C15H20Br2N2O2. The number of hydrogen-bond acceptors (Lipinski definition) is 3. The van der Waals surface area contributed by atoms with Crippen LogP contribution >= 0.6 is 31.9 Å². The standard InChI is InChI=1S/C15H20Br2N2O2/c1-2-3-4-5-6-7-8-18-19-15(21)12-9-11(16)10-13(17)14(12)20/h8-10,20H,2-7H2,1H3,(H,19,21). The molecule has 0 aliphatic carbocycles. The number of hydrogen-bond donors (Lipinski definition) is 2. The van der Waals surface area contributed by atoms with Crippen molar-refractivity contribution in [1.29, 1.82) is 0 Å². The van der Waals surface area contributed by atoms with E-state index in [-0.39, 0.29) is 11.3 Å². The van der Waals surface area contributed by atoms with Gasteiger partial charge in [0.25, 0.3) is 5.91 Å². The van der Waals surface area contributed by atoms with Gasteiger partial charge in [0.1, 0.15) is 5.75 Å². The number of halogens is 2. The molecule has 1 aromatic rings. The van der Waals surface area contributed by atoms with Crippen molar-refractivity contribution in [2.45, 2.75) is 45.4 Å². The normalized spacial score (nSPS) is 11.0. The second-order valence-electron chi connectivity index (χ2n) is 4.74. The van der Waals surface area contributed by atoms with Gasteiger partial charge in [-0.25, -0.2) is 5.43 Å². The highest BCUT2D eigenvalue weighted by molar-refractivity contribution is 9.11. The zero-order valence-electron chi connectivity index (χ0n) is 12.0. The number of carbonyl (C=O) groups excluding carboxylic acids is 1. The molecule has 6 heteroatoms. The molecule has 0 radical (unpaired) electrons. The molecule has 0 bridgehead atoms. The van der Waals surface area contributed by atoms with Gasteiger partial charge in [-0.3, -0.25) is 4.79 Å². The van der Waals surface area contributed by atoms with Gasteiger partial charge in [0.2, 0.25) is 0 Å². The lowest BCUT2D eigenvalue weighted by molar-refractivity contribution is 0.0952. The molecule has 0 saturated heterocycles. The monoisotopic (exact) mass is 418 g/mol. The molecule has 0 fully saturated rings. The fourth-order valence-corrected chi connectivity index (χ4v) is 3.03. The molecule has 0 saturated carbocycles. The van der Waals surface area contributed by atoms with Gasteiger partial charge in [0.05, 0.1) is 10.0 Å². The topological polar surface area (TPSA) is 61.7 Å². The van der Waals surface area contributed by atoms with Crippen LogP contribution in [0.4, 0.5) is 0 Å². The molecule has 2 N–H and O–H groups in total. The van der Waals surface area contributed by atoms with Crippen LogP contribution in [0.3, 0.4) is 0 Å². The number of benzene rings is 1. The molecule has 0 spiro atoms. The lowest BCUT2D eigenvalue weighted by Crippen LogP contribution is -2.17. The van der Waals surface area contributed by atoms with Gasteiger partial charge >= 0.3 is 0 Å². The highest BCUT2D eigenvalue weighted by Crippen LogP contribution is 2.31. The van der Waals surface area contributed by atoms with Crippen molar-refractivity contribution >= 4 is 44.0 Å². The van der Waals surface area contributed by atoms with Gasteiger partial charge in [-0.1, -0.05) is 48.5 Å². The number of hydrazone groups is 1.